The molecule has 2 atom stereocenters. The summed E-state index contributed by atoms with van der Waals surface area (Å²) in [6, 6.07) is 6.90. The number of rotatable bonds is 5. The minimum Gasteiger partial charge on any atom is -0.301 e. The average molecular weight is 408 g/mol. The number of pyridine rings is 1. The van der Waals surface area contributed by atoms with Crippen LogP contribution in [0.4, 0.5) is 10.1 Å². The smallest absolute Gasteiger partial charge is 0.251 e. The fourth-order valence-electron chi connectivity index (χ4n) is 3.73. The first-order chi connectivity index (χ1) is 14.3. The van der Waals surface area contributed by atoms with Crippen LogP contribution < -0.4 is 4.90 Å². The number of aldehydes is 1. The fraction of sp³-hybridized carbons (Fsp3) is 0.391. The van der Waals surface area contributed by atoms with E-state index in [9.17, 15) is 19.2 Å². The average Bonchev–Trinajstić information content (AvgIpc) is 3.20. The van der Waals surface area contributed by atoms with Crippen LogP contribution >= 0.6 is 0 Å². The summed E-state index contributed by atoms with van der Waals surface area (Å²) >= 11 is 0. The topological polar surface area (TPSA) is 77.3 Å². The third kappa shape index (κ3) is 4.33. The van der Waals surface area contributed by atoms with Gasteiger partial charge in [-0.25, -0.2) is 4.39 Å². The SMILES string of the molecule is CC(C)(C)c1ccc(N(C(=O)[C@H]2CCCN2C#N)C(C=O)c2cncc(F)c2)cc1. The first-order valence-electron chi connectivity index (χ1n) is 9.92. The van der Waals surface area contributed by atoms with E-state index in [-0.39, 0.29) is 16.9 Å². The Morgan fingerprint density at radius 2 is 2.03 bits per heavy atom. The van der Waals surface area contributed by atoms with E-state index in [0.717, 1.165) is 11.8 Å². The number of amides is 1. The molecule has 0 aliphatic carbocycles. The number of benzene rings is 1. The van der Waals surface area contributed by atoms with Crippen molar-refractivity contribution in [2.24, 2.45) is 0 Å². The van der Waals surface area contributed by atoms with E-state index in [1.165, 1.54) is 22.1 Å². The van der Waals surface area contributed by atoms with Crippen LogP contribution in [0, 0.1) is 17.3 Å². The van der Waals surface area contributed by atoms with Gasteiger partial charge in [0.25, 0.3) is 5.91 Å². The Kier molecular flexibility index (Phi) is 6.16. The molecule has 1 aromatic carbocycles. The standard InChI is InChI=1S/C23H25FN4O2/c1-23(2,3)17-6-8-19(9-7-17)28(22(30)20-5-4-10-27(20)15-25)21(14-29)16-11-18(24)13-26-12-16/h6-9,11-14,20-21H,4-5,10H2,1-3H3/t20-,21?/m1/s1. The molecule has 6 nitrogen and oxygen atoms in total. The maximum Gasteiger partial charge on any atom is 0.251 e. The Morgan fingerprint density at radius 1 is 1.33 bits per heavy atom. The summed E-state index contributed by atoms with van der Waals surface area (Å²) in [6.07, 6.45) is 6.33. The lowest BCUT2D eigenvalue weighted by atomic mass is 9.87. The largest absolute Gasteiger partial charge is 0.301 e. The molecule has 3 rings (SSSR count). The third-order valence-corrected chi connectivity index (χ3v) is 5.39. The summed E-state index contributed by atoms with van der Waals surface area (Å²) in [5, 5.41) is 9.39. The van der Waals surface area contributed by atoms with Gasteiger partial charge in [0.15, 0.2) is 6.19 Å². The number of aromatic nitrogens is 1. The molecule has 2 heterocycles. The normalized spacial score (nSPS) is 17.3. The molecule has 30 heavy (non-hydrogen) atoms. The van der Waals surface area contributed by atoms with Crippen LogP contribution in [-0.4, -0.2) is 34.7 Å². The van der Waals surface area contributed by atoms with E-state index in [0.29, 0.717) is 31.4 Å². The minimum absolute atomic E-state index is 0.0764. The molecule has 0 radical (unpaired) electrons. The second kappa shape index (κ2) is 8.62. The summed E-state index contributed by atoms with van der Waals surface area (Å²) < 4.78 is 13.8. The highest BCUT2D eigenvalue weighted by molar-refractivity contribution is 6.01. The maximum absolute atomic E-state index is 13.8. The zero-order valence-corrected chi connectivity index (χ0v) is 17.4. The van der Waals surface area contributed by atoms with Crippen molar-refractivity contribution in [3.8, 4) is 6.19 Å². The second-order valence-corrected chi connectivity index (χ2v) is 8.47. The predicted molar refractivity (Wildman–Crippen MR) is 111 cm³/mol. The van der Waals surface area contributed by atoms with Gasteiger partial charge in [0.05, 0.1) is 6.20 Å². The van der Waals surface area contributed by atoms with Crippen LogP contribution in [0.5, 0.6) is 0 Å². The van der Waals surface area contributed by atoms with E-state index in [1.54, 1.807) is 12.1 Å². The van der Waals surface area contributed by atoms with Gasteiger partial charge in [-0.1, -0.05) is 32.9 Å². The van der Waals surface area contributed by atoms with E-state index < -0.39 is 17.9 Å². The Morgan fingerprint density at radius 3 is 2.60 bits per heavy atom. The molecule has 1 aliphatic heterocycles. The molecule has 1 fully saturated rings. The van der Waals surface area contributed by atoms with E-state index in [4.69, 9.17) is 0 Å². The molecule has 0 N–H and O–H groups in total. The number of carbonyl (C=O) groups is 2. The van der Waals surface area contributed by atoms with Gasteiger partial charge >= 0.3 is 0 Å². The molecule has 0 bridgehead atoms. The van der Waals surface area contributed by atoms with Crippen LogP contribution in [0.3, 0.4) is 0 Å². The summed E-state index contributed by atoms with van der Waals surface area (Å²) in [7, 11) is 0. The maximum atomic E-state index is 13.8. The van der Waals surface area contributed by atoms with Crippen LogP contribution in [0.1, 0.15) is 50.8 Å². The summed E-state index contributed by atoms with van der Waals surface area (Å²) in [6.45, 7) is 6.75. The van der Waals surface area contributed by atoms with Gasteiger partial charge < -0.3 is 4.79 Å². The quantitative estimate of drug-likeness (QED) is 0.556. The Bertz CT molecular complexity index is 962. The van der Waals surface area contributed by atoms with Crippen molar-refractivity contribution in [1.29, 1.82) is 5.26 Å². The van der Waals surface area contributed by atoms with Gasteiger partial charge in [0.1, 0.15) is 24.2 Å². The van der Waals surface area contributed by atoms with Crippen molar-refractivity contribution in [3.63, 3.8) is 0 Å². The molecule has 156 valence electrons. The predicted octanol–water partition coefficient (Wildman–Crippen LogP) is 3.74. The highest BCUT2D eigenvalue weighted by Gasteiger charge is 2.37. The van der Waals surface area contributed by atoms with Crippen molar-refractivity contribution >= 4 is 17.9 Å². The lowest BCUT2D eigenvalue weighted by Gasteiger charge is -2.32. The number of hydrogen-bond donors (Lipinski definition) is 0. The van der Waals surface area contributed by atoms with Crippen LogP contribution in [0.15, 0.2) is 42.7 Å². The lowest BCUT2D eigenvalue weighted by molar-refractivity contribution is -0.124. The molecule has 0 saturated carbocycles. The monoisotopic (exact) mass is 408 g/mol. The van der Waals surface area contributed by atoms with E-state index >= 15 is 0 Å². The van der Waals surface area contributed by atoms with Crippen LogP contribution in [0.25, 0.3) is 0 Å². The number of hydrogen-bond acceptors (Lipinski definition) is 5. The van der Waals surface area contributed by atoms with Crippen molar-refractivity contribution in [3.05, 3.63) is 59.7 Å². The van der Waals surface area contributed by atoms with Gasteiger partial charge in [-0.05, 0) is 42.0 Å². The highest BCUT2D eigenvalue weighted by atomic mass is 19.1. The van der Waals surface area contributed by atoms with Gasteiger partial charge in [-0.2, -0.15) is 5.26 Å². The van der Waals surface area contributed by atoms with Gasteiger partial charge in [0, 0.05) is 24.0 Å². The summed E-state index contributed by atoms with van der Waals surface area (Å²) in [4.78, 5) is 32.2. The molecule has 1 amide bonds. The zero-order valence-electron chi connectivity index (χ0n) is 17.4. The van der Waals surface area contributed by atoms with Crippen molar-refractivity contribution < 1.29 is 14.0 Å². The zero-order chi connectivity index (χ0) is 21.9. The second-order valence-electron chi connectivity index (χ2n) is 8.47. The molecule has 1 unspecified atom stereocenters. The summed E-state index contributed by atoms with van der Waals surface area (Å²) in [5.74, 6) is -0.951. The van der Waals surface area contributed by atoms with Crippen LogP contribution in [0.2, 0.25) is 0 Å². The first kappa shape index (κ1) is 21.4. The molecule has 1 aliphatic rings. The number of likely N-dealkylation sites (tertiary alicyclic amines) is 1. The first-order valence-corrected chi connectivity index (χ1v) is 9.92. The highest BCUT2D eigenvalue weighted by Crippen LogP contribution is 2.32. The number of nitrogens with zero attached hydrogens (tertiary/aromatic N) is 4. The number of anilines is 1. The fourth-order valence-corrected chi connectivity index (χ4v) is 3.73. The van der Waals surface area contributed by atoms with Crippen LogP contribution in [-0.2, 0) is 15.0 Å². The molecule has 1 saturated heterocycles. The number of nitriles is 1. The van der Waals surface area contributed by atoms with E-state index in [1.807, 2.05) is 12.1 Å². The Balaban J connectivity index is 2.07. The minimum atomic E-state index is -1.05. The van der Waals surface area contributed by atoms with Gasteiger partial charge in [-0.3, -0.25) is 19.6 Å². The molecule has 2 aromatic rings. The molecule has 0 spiro atoms. The van der Waals surface area contributed by atoms with Gasteiger partial charge in [0.2, 0.25) is 0 Å². The summed E-state index contributed by atoms with van der Waals surface area (Å²) in [5.41, 5.74) is 1.79. The molecular formula is C23H25FN4O2. The van der Waals surface area contributed by atoms with Gasteiger partial charge in [-0.15, -0.1) is 0 Å². The lowest BCUT2D eigenvalue weighted by Crippen LogP contribution is -2.46. The van der Waals surface area contributed by atoms with Crippen molar-refractivity contribution in [2.45, 2.75) is 51.1 Å². The molecule has 1 aromatic heterocycles. The van der Waals surface area contributed by atoms with E-state index in [2.05, 4.69) is 31.9 Å². The Labute approximate surface area is 175 Å². The number of carbonyl (C=O) groups excluding carboxylic acids is 2. The van der Waals surface area contributed by atoms with Crippen molar-refractivity contribution in [2.75, 3.05) is 11.4 Å². The third-order valence-electron chi connectivity index (χ3n) is 5.39. The molecular weight excluding hydrogens is 383 g/mol. The molecule has 7 heteroatoms. The Hall–Kier alpha value is -3.27. The van der Waals surface area contributed by atoms with Crippen molar-refractivity contribution in [1.82, 2.24) is 9.88 Å². The number of halogens is 1.